The Balaban J connectivity index is 1.78. The Labute approximate surface area is 130 Å². The van der Waals surface area contributed by atoms with Crippen molar-refractivity contribution in [2.75, 3.05) is 18.0 Å². The van der Waals surface area contributed by atoms with Crippen LogP contribution in [0.25, 0.3) is 0 Å². The van der Waals surface area contributed by atoms with E-state index in [1.807, 2.05) is 31.2 Å². The van der Waals surface area contributed by atoms with E-state index in [1.165, 1.54) is 0 Å². The molecule has 3 rings (SSSR count). The first-order chi connectivity index (χ1) is 10.8. The van der Waals surface area contributed by atoms with E-state index in [0.29, 0.717) is 5.56 Å². The van der Waals surface area contributed by atoms with Gasteiger partial charge in [-0.1, -0.05) is 6.07 Å². The molecule has 1 aliphatic rings. The predicted octanol–water partition coefficient (Wildman–Crippen LogP) is 2.57. The van der Waals surface area contributed by atoms with Crippen molar-refractivity contribution in [3.05, 3.63) is 54.0 Å². The smallest absolute Gasteiger partial charge is 0.255 e. The predicted molar refractivity (Wildman–Crippen MR) is 85.8 cm³/mol. The molecule has 1 atom stereocenters. The average molecular weight is 296 g/mol. The second-order valence-electron chi connectivity index (χ2n) is 5.55. The fraction of sp³-hybridized carbons (Fsp3) is 0.353. The van der Waals surface area contributed by atoms with Crippen molar-refractivity contribution in [1.29, 1.82) is 0 Å². The van der Waals surface area contributed by atoms with Crippen molar-refractivity contribution in [1.82, 2.24) is 15.3 Å². The molecule has 0 spiro atoms. The van der Waals surface area contributed by atoms with Gasteiger partial charge < -0.3 is 10.2 Å². The quantitative estimate of drug-likeness (QED) is 0.942. The lowest BCUT2D eigenvalue weighted by molar-refractivity contribution is 0.0940. The number of anilines is 1. The van der Waals surface area contributed by atoms with Crippen LogP contribution in [-0.4, -0.2) is 29.0 Å². The first-order valence-corrected chi connectivity index (χ1v) is 7.66. The number of nitrogens with one attached hydrogen (secondary N) is 1. The number of nitrogens with zero attached hydrogens (tertiary/aromatic N) is 3. The van der Waals surface area contributed by atoms with Crippen molar-refractivity contribution in [2.24, 2.45) is 0 Å². The number of carbonyl (C=O) groups is 1. The second-order valence-corrected chi connectivity index (χ2v) is 5.55. The van der Waals surface area contributed by atoms with Gasteiger partial charge >= 0.3 is 0 Å². The lowest BCUT2D eigenvalue weighted by atomic mass is 10.1. The van der Waals surface area contributed by atoms with E-state index in [0.717, 1.165) is 37.3 Å². The van der Waals surface area contributed by atoms with E-state index in [-0.39, 0.29) is 11.9 Å². The maximum atomic E-state index is 12.6. The summed E-state index contributed by atoms with van der Waals surface area (Å²) < 4.78 is 0. The fourth-order valence-corrected chi connectivity index (χ4v) is 2.74. The number of rotatable bonds is 4. The molecule has 1 fully saturated rings. The summed E-state index contributed by atoms with van der Waals surface area (Å²) in [4.78, 5) is 23.3. The van der Waals surface area contributed by atoms with Crippen LogP contribution in [0, 0.1) is 0 Å². The molecule has 0 saturated carbocycles. The Bertz CT molecular complexity index is 638. The summed E-state index contributed by atoms with van der Waals surface area (Å²) >= 11 is 0. The van der Waals surface area contributed by atoms with Crippen molar-refractivity contribution >= 4 is 11.7 Å². The van der Waals surface area contributed by atoms with E-state index < -0.39 is 0 Å². The summed E-state index contributed by atoms with van der Waals surface area (Å²) in [7, 11) is 0. The molecule has 22 heavy (non-hydrogen) atoms. The average Bonchev–Trinajstić information content (AvgIpc) is 3.10. The highest BCUT2D eigenvalue weighted by atomic mass is 16.1. The van der Waals surface area contributed by atoms with E-state index in [2.05, 4.69) is 20.2 Å². The molecular formula is C17H20N4O. The molecule has 5 nitrogen and oxygen atoms in total. The summed E-state index contributed by atoms with van der Waals surface area (Å²) in [5, 5.41) is 3.03. The number of hydrogen-bond acceptors (Lipinski definition) is 4. The van der Waals surface area contributed by atoms with Crippen molar-refractivity contribution in [3.8, 4) is 0 Å². The summed E-state index contributed by atoms with van der Waals surface area (Å²) in [6.07, 6.45) is 7.56. The molecule has 114 valence electrons. The summed E-state index contributed by atoms with van der Waals surface area (Å²) in [6.45, 7) is 3.89. The molecule has 0 aliphatic carbocycles. The number of hydrogen-bond donors (Lipinski definition) is 1. The SMILES string of the molecule is CC(NC(=O)c1cccnc1N1CCCC1)c1cccnc1. The van der Waals surface area contributed by atoms with Crippen molar-refractivity contribution in [3.63, 3.8) is 0 Å². The Morgan fingerprint density at radius 2 is 2.00 bits per heavy atom. The number of amides is 1. The largest absolute Gasteiger partial charge is 0.356 e. The topological polar surface area (TPSA) is 58.1 Å². The Morgan fingerprint density at radius 1 is 1.23 bits per heavy atom. The fourth-order valence-electron chi connectivity index (χ4n) is 2.74. The van der Waals surface area contributed by atoms with Crippen LogP contribution in [0.1, 0.15) is 41.7 Å². The lowest BCUT2D eigenvalue weighted by Gasteiger charge is -2.20. The highest BCUT2D eigenvalue weighted by Gasteiger charge is 2.21. The maximum Gasteiger partial charge on any atom is 0.255 e. The monoisotopic (exact) mass is 296 g/mol. The van der Waals surface area contributed by atoms with Gasteiger partial charge in [0.1, 0.15) is 5.82 Å². The summed E-state index contributed by atoms with van der Waals surface area (Å²) in [6, 6.07) is 7.39. The summed E-state index contributed by atoms with van der Waals surface area (Å²) in [5.41, 5.74) is 1.63. The molecule has 1 aliphatic heterocycles. The van der Waals surface area contributed by atoms with Gasteiger partial charge in [0.15, 0.2) is 0 Å². The molecule has 2 aromatic rings. The van der Waals surface area contributed by atoms with Gasteiger partial charge in [0, 0.05) is 31.7 Å². The zero-order chi connectivity index (χ0) is 15.4. The second kappa shape index (κ2) is 6.56. The molecule has 0 bridgehead atoms. The molecule has 1 N–H and O–H groups in total. The number of aromatic nitrogens is 2. The van der Waals surface area contributed by atoms with Crippen molar-refractivity contribution in [2.45, 2.75) is 25.8 Å². The molecule has 1 amide bonds. The molecule has 0 radical (unpaired) electrons. The molecule has 0 aromatic carbocycles. The van der Waals surface area contributed by atoms with Gasteiger partial charge in [0.05, 0.1) is 11.6 Å². The standard InChI is InChI=1S/C17H20N4O/c1-13(14-6-4-8-18-12-14)20-17(22)15-7-5-9-19-16(15)21-10-2-3-11-21/h4-9,12-13H,2-3,10-11H2,1H3,(H,20,22). The maximum absolute atomic E-state index is 12.6. The molecule has 1 saturated heterocycles. The first-order valence-electron chi connectivity index (χ1n) is 7.66. The molecule has 2 aromatic heterocycles. The first kappa shape index (κ1) is 14.5. The van der Waals surface area contributed by atoms with Crippen LogP contribution in [0.2, 0.25) is 0 Å². The van der Waals surface area contributed by atoms with Crippen LogP contribution < -0.4 is 10.2 Å². The van der Waals surface area contributed by atoms with Gasteiger partial charge in [-0.05, 0) is 43.5 Å². The summed E-state index contributed by atoms with van der Waals surface area (Å²) in [5.74, 6) is 0.697. The third-order valence-electron chi connectivity index (χ3n) is 3.97. The van der Waals surface area contributed by atoms with Crippen LogP contribution in [0.4, 0.5) is 5.82 Å². The minimum atomic E-state index is -0.0913. The van der Waals surface area contributed by atoms with E-state index in [1.54, 1.807) is 18.6 Å². The van der Waals surface area contributed by atoms with E-state index in [9.17, 15) is 4.79 Å². The highest BCUT2D eigenvalue weighted by molar-refractivity contribution is 5.99. The third-order valence-corrected chi connectivity index (χ3v) is 3.97. The zero-order valence-corrected chi connectivity index (χ0v) is 12.7. The Morgan fingerprint density at radius 3 is 2.73 bits per heavy atom. The molecule has 5 heteroatoms. The van der Waals surface area contributed by atoms with Gasteiger partial charge in [0.2, 0.25) is 0 Å². The number of pyridine rings is 2. The van der Waals surface area contributed by atoms with E-state index in [4.69, 9.17) is 0 Å². The van der Waals surface area contributed by atoms with Crippen LogP contribution in [0.5, 0.6) is 0 Å². The molecule has 1 unspecified atom stereocenters. The van der Waals surface area contributed by atoms with Gasteiger partial charge in [-0.2, -0.15) is 0 Å². The highest BCUT2D eigenvalue weighted by Crippen LogP contribution is 2.22. The van der Waals surface area contributed by atoms with Crippen molar-refractivity contribution < 1.29 is 4.79 Å². The molecule has 3 heterocycles. The Hall–Kier alpha value is -2.43. The minimum Gasteiger partial charge on any atom is -0.356 e. The van der Waals surface area contributed by atoms with Crippen LogP contribution in [0.15, 0.2) is 42.9 Å². The van der Waals surface area contributed by atoms with Gasteiger partial charge in [0.25, 0.3) is 5.91 Å². The minimum absolute atomic E-state index is 0.0900. The number of carbonyl (C=O) groups excluding carboxylic acids is 1. The lowest BCUT2D eigenvalue weighted by Crippen LogP contribution is -2.30. The zero-order valence-electron chi connectivity index (χ0n) is 12.7. The van der Waals surface area contributed by atoms with Gasteiger partial charge in [-0.3, -0.25) is 9.78 Å². The molecular weight excluding hydrogens is 276 g/mol. The van der Waals surface area contributed by atoms with Gasteiger partial charge in [-0.25, -0.2) is 4.98 Å². The normalized spacial score (nSPS) is 15.6. The van der Waals surface area contributed by atoms with Gasteiger partial charge in [-0.15, -0.1) is 0 Å². The third kappa shape index (κ3) is 3.08. The van der Waals surface area contributed by atoms with Crippen LogP contribution >= 0.6 is 0 Å². The van der Waals surface area contributed by atoms with E-state index >= 15 is 0 Å². The Kier molecular flexibility index (Phi) is 4.32. The van der Waals surface area contributed by atoms with Crippen LogP contribution in [-0.2, 0) is 0 Å². The van der Waals surface area contributed by atoms with Crippen LogP contribution in [0.3, 0.4) is 0 Å².